The van der Waals surface area contributed by atoms with E-state index in [9.17, 15) is 14.7 Å². The van der Waals surface area contributed by atoms with Crippen molar-refractivity contribution in [1.29, 1.82) is 0 Å². The van der Waals surface area contributed by atoms with Crippen LogP contribution in [-0.4, -0.2) is 16.5 Å². The van der Waals surface area contributed by atoms with E-state index < -0.39 is 12.7 Å². The van der Waals surface area contributed by atoms with Crippen molar-refractivity contribution in [2.45, 2.75) is 47.1 Å². The first-order chi connectivity index (χ1) is 15.7. The molecule has 2 N–H and O–H groups in total. The Hall–Kier alpha value is -2.93. The third kappa shape index (κ3) is 8.85. The largest absolute Gasteiger partial charge is 0.458 e. The molecule has 0 aliphatic carbocycles. The van der Waals surface area contributed by atoms with E-state index in [2.05, 4.69) is 29.1 Å². The summed E-state index contributed by atoms with van der Waals surface area (Å²) in [5, 5.41) is 13.7. The lowest BCUT2D eigenvalue weighted by molar-refractivity contribution is -0.424. The van der Waals surface area contributed by atoms with Crippen molar-refractivity contribution in [3.8, 4) is 0 Å². The van der Waals surface area contributed by atoms with Gasteiger partial charge < -0.3 is 9.51 Å². The van der Waals surface area contributed by atoms with Gasteiger partial charge in [-0.05, 0) is 55.5 Å². The van der Waals surface area contributed by atoms with E-state index >= 15 is 0 Å². The molecule has 0 saturated heterocycles. The second-order valence-electron chi connectivity index (χ2n) is 7.51. The van der Waals surface area contributed by atoms with E-state index in [1.54, 1.807) is 6.92 Å². The van der Waals surface area contributed by atoms with Crippen LogP contribution in [0.15, 0.2) is 66.2 Å². The summed E-state index contributed by atoms with van der Waals surface area (Å²) < 4.78 is 24.7. The molecule has 1 aromatic carbocycles. The summed E-state index contributed by atoms with van der Waals surface area (Å²) in [7, 11) is -3.73. The van der Waals surface area contributed by atoms with Gasteiger partial charge in [-0.3, -0.25) is 14.6 Å². The number of nitro groups is 1. The van der Waals surface area contributed by atoms with E-state index in [4.69, 9.17) is 9.05 Å². The maximum atomic E-state index is 13.4. The number of allylic oxidation sites excluding steroid dienone is 5. The smallest absolute Gasteiger partial charge is 0.418 e. The van der Waals surface area contributed by atoms with E-state index in [0.717, 1.165) is 28.8 Å². The van der Waals surface area contributed by atoms with Gasteiger partial charge in [0.15, 0.2) is 0 Å². The van der Waals surface area contributed by atoms with Crippen molar-refractivity contribution in [2.75, 3.05) is 6.54 Å². The zero-order chi connectivity index (χ0) is 24.3. The van der Waals surface area contributed by atoms with Crippen LogP contribution < -0.4 is 5.09 Å². The number of rotatable bonds is 13. The zero-order valence-corrected chi connectivity index (χ0v) is 20.4. The predicted molar refractivity (Wildman–Crippen MR) is 131 cm³/mol. The highest BCUT2D eigenvalue weighted by atomic mass is 31.2. The second kappa shape index (κ2) is 12.9. The molecule has 178 valence electrons. The quantitative estimate of drug-likeness (QED) is 0.116. The molecule has 0 bridgehead atoms. The Morgan fingerprint density at radius 1 is 1.24 bits per heavy atom. The van der Waals surface area contributed by atoms with Gasteiger partial charge in [0.1, 0.15) is 5.76 Å². The zero-order valence-electron chi connectivity index (χ0n) is 19.5. The van der Waals surface area contributed by atoms with Crippen LogP contribution in [0, 0.1) is 17.0 Å². The highest BCUT2D eigenvalue weighted by Crippen LogP contribution is 2.46. The van der Waals surface area contributed by atoms with Gasteiger partial charge in [0.05, 0.1) is 11.5 Å². The number of nitrogens with zero attached hydrogens (tertiary/aromatic N) is 1. The average molecular weight is 474 g/mol. The van der Waals surface area contributed by atoms with Gasteiger partial charge in [-0.2, -0.15) is 0 Å². The topological polar surface area (TPSA) is 106 Å². The van der Waals surface area contributed by atoms with Crippen molar-refractivity contribution in [2.24, 2.45) is 0 Å². The van der Waals surface area contributed by atoms with Crippen LogP contribution in [-0.2, 0) is 26.6 Å². The fourth-order valence-electron chi connectivity index (χ4n) is 2.91. The maximum Gasteiger partial charge on any atom is 0.458 e. The summed E-state index contributed by atoms with van der Waals surface area (Å²) in [5.41, 5.74) is 4.09. The Morgan fingerprint density at radius 3 is 2.64 bits per heavy atom. The van der Waals surface area contributed by atoms with E-state index in [1.807, 2.05) is 43.5 Å². The number of hydrogen-bond donors (Lipinski definition) is 2. The summed E-state index contributed by atoms with van der Waals surface area (Å²) in [6, 6.07) is 9.36. The first kappa shape index (κ1) is 26.3. The molecule has 0 fully saturated rings. The first-order valence-corrected chi connectivity index (χ1v) is 12.3. The third-order valence-electron chi connectivity index (χ3n) is 4.86. The Bertz CT molecular complexity index is 1060. The van der Waals surface area contributed by atoms with Crippen molar-refractivity contribution in [3.63, 3.8) is 0 Å². The Morgan fingerprint density at radius 2 is 1.97 bits per heavy atom. The van der Waals surface area contributed by atoms with E-state index in [0.29, 0.717) is 13.0 Å². The minimum Gasteiger partial charge on any atom is -0.418 e. The van der Waals surface area contributed by atoms with Crippen molar-refractivity contribution >= 4 is 13.8 Å². The molecule has 8 nitrogen and oxygen atoms in total. The molecule has 0 amide bonds. The number of H-pyrrole nitrogens is 1. The van der Waals surface area contributed by atoms with Gasteiger partial charge in [-0.1, -0.05) is 43.3 Å². The molecule has 1 atom stereocenters. The molecule has 2 rings (SSSR count). The molecule has 9 heteroatoms. The SMILES string of the molecule is CC/C=C\c1[nH]cc(CCNP(=O)(OCc2ccccc2)O/C(C)=C/C=C(\C)[N+](=O)[O-])c1C. The molecule has 1 unspecified atom stereocenters. The van der Waals surface area contributed by atoms with Crippen LogP contribution in [0.2, 0.25) is 0 Å². The lowest BCUT2D eigenvalue weighted by atomic mass is 10.1. The summed E-state index contributed by atoms with van der Waals surface area (Å²) >= 11 is 0. The van der Waals surface area contributed by atoms with Gasteiger partial charge in [-0.25, -0.2) is 9.65 Å². The summed E-state index contributed by atoms with van der Waals surface area (Å²) in [6.07, 6.45) is 10.4. The van der Waals surface area contributed by atoms with Gasteiger partial charge in [0.2, 0.25) is 5.70 Å². The van der Waals surface area contributed by atoms with Crippen molar-refractivity contribution in [3.05, 3.63) is 98.7 Å². The van der Waals surface area contributed by atoms with Gasteiger partial charge >= 0.3 is 7.75 Å². The number of benzene rings is 1. The van der Waals surface area contributed by atoms with Crippen molar-refractivity contribution in [1.82, 2.24) is 10.1 Å². The number of hydrogen-bond acceptors (Lipinski definition) is 5. The Labute approximate surface area is 195 Å². The minimum absolute atomic E-state index is 0.0539. The lowest BCUT2D eigenvalue weighted by Crippen LogP contribution is -2.17. The summed E-state index contributed by atoms with van der Waals surface area (Å²) in [5.74, 6) is 0.241. The monoisotopic (exact) mass is 473 g/mol. The standard InChI is InChI=1S/C24H32N3O5P/c1-5-6-12-24-21(4)23(17-25-24)15-16-26-33(30,31-18-22-10-8-7-9-11-22)32-20(3)14-13-19(2)27(28)29/h6-14,17,25H,5,15-16,18H2,1-4H3,(H,26,30)/b12-6-,19-13+,20-14+. The molecule has 1 aromatic heterocycles. The molecular formula is C24H32N3O5P. The molecule has 1 heterocycles. The molecular weight excluding hydrogens is 441 g/mol. The lowest BCUT2D eigenvalue weighted by Gasteiger charge is -2.20. The molecule has 33 heavy (non-hydrogen) atoms. The second-order valence-corrected chi connectivity index (χ2v) is 9.26. The summed E-state index contributed by atoms with van der Waals surface area (Å²) in [4.78, 5) is 13.5. The van der Waals surface area contributed by atoms with Gasteiger partial charge in [0, 0.05) is 31.4 Å². The first-order valence-electron chi connectivity index (χ1n) is 10.8. The molecule has 0 aliphatic heterocycles. The van der Waals surface area contributed by atoms with Gasteiger partial charge in [-0.15, -0.1) is 0 Å². The minimum atomic E-state index is -3.73. The Balaban J connectivity index is 2.09. The summed E-state index contributed by atoms with van der Waals surface area (Å²) in [6.45, 7) is 7.52. The van der Waals surface area contributed by atoms with E-state index in [-0.39, 0.29) is 18.1 Å². The van der Waals surface area contributed by atoms with Crippen LogP contribution in [0.4, 0.5) is 0 Å². The maximum absolute atomic E-state index is 13.4. The highest BCUT2D eigenvalue weighted by molar-refractivity contribution is 7.51. The molecule has 0 saturated carbocycles. The number of aromatic nitrogens is 1. The van der Waals surface area contributed by atoms with Crippen molar-refractivity contribution < 1.29 is 18.5 Å². The van der Waals surface area contributed by atoms with Crippen LogP contribution in [0.25, 0.3) is 6.08 Å². The molecule has 0 spiro atoms. The molecule has 0 aliphatic rings. The average Bonchev–Trinajstić information content (AvgIpc) is 3.14. The molecule has 0 radical (unpaired) electrons. The van der Waals surface area contributed by atoms with Crippen LogP contribution in [0.5, 0.6) is 0 Å². The fourth-order valence-corrected chi connectivity index (χ4v) is 4.26. The van der Waals surface area contributed by atoms with Crippen LogP contribution in [0.3, 0.4) is 0 Å². The Kier molecular flexibility index (Phi) is 10.3. The van der Waals surface area contributed by atoms with Crippen LogP contribution >= 0.6 is 7.75 Å². The number of nitrogens with one attached hydrogen (secondary N) is 2. The van der Waals surface area contributed by atoms with E-state index in [1.165, 1.54) is 19.1 Å². The third-order valence-corrected chi connectivity index (χ3v) is 6.47. The highest BCUT2D eigenvalue weighted by Gasteiger charge is 2.26. The normalized spacial score (nSPS) is 14.4. The predicted octanol–water partition coefficient (Wildman–Crippen LogP) is 6.30. The number of aromatic amines is 1. The van der Waals surface area contributed by atoms with Gasteiger partial charge in [0.25, 0.3) is 0 Å². The molecule has 2 aromatic rings. The van der Waals surface area contributed by atoms with Crippen LogP contribution in [0.1, 0.15) is 49.6 Å². The fraction of sp³-hybridized carbons (Fsp3) is 0.333.